The molecule has 0 fully saturated rings. The first-order chi connectivity index (χ1) is 13.8. The van der Waals surface area contributed by atoms with Crippen LogP contribution in [-0.4, -0.2) is 46.2 Å². The van der Waals surface area contributed by atoms with Gasteiger partial charge < -0.3 is 20.3 Å². The van der Waals surface area contributed by atoms with Gasteiger partial charge in [-0.2, -0.15) is 10.1 Å². The molecule has 10 heteroatoms. The summed E-state index contributed by atoms with van der Waals surface area (Å²) in [6, 6.07) is 6.24. The predicted octanol–water partition coefficient (Wildman–Crippen LogP) is 1.70. The Balaban J connectivity index is 1.59. The summed E-state index contributed by atoms with van der Waals surface area (Å²) in [5.41, 5.74) is 2.25. The molecule has 1 aliphatic heterocycles. The lowest BCUT2D eigenvalue weighted by molar-refractivity contribution is -0.143. The number of anilines is 3. The lowest BCUT2D eigenvalue weighted by Crippen LogP contribution is -2.34. The SMILES string of the molecule is CC(=O)Nc1ccc(NC(=O)COC(=O)C2=C(C)N(C)c3ncnn3C2C)cc1. The molecule has 29 heavy (non-hydrogen) atoms. The van der Waals surface area contributed by atoms with Crippen molar-refractivity contribution in [3.8, 4) is 0 Å². The van der Waals surface area contributed by atoms with E-state index in [1.54, 1.807) is 47.8 Å². The third kappa shape index (κ3) is 4.26. The summed E-state index contributed by atoms with van der Waals surface area (Å²) in [5.74, 6) is -0.604. The lowest BCUT2D eigenvalue weighted by atomic mass is 10.0. The maximum atomic E-state index is 12.6. The lowest BCUT2D eigenvalue weighted by Gasteiger charge is -2.31. The minimum Gasteiger partial charge on any atom is -0.452 e. The van der Waals surface area contributed by atoms with E-state index in [0.717, 1.165) is 0 Å². The van der Waals surface area contributed by atoms with E-state index in [1.165, 1.54) is 13.3 Å². The van der Waals surface area contributed by atoms with E-state index in [0.29, 0.717) is 28.6 Å². The Kier molecular flexibility index (Phi) is 5.62. The van der Waals surface area contributed by atoms with Crippen LogP contribution in [0.2, 0.25) is 0 Å². The molecule has 2 amide bonds. The summed E-state index contributed by atoms with van der Waals surface area (Å²) in [5, 5.41) is 9.43. The molecule has 2 aromatic rings. The first-order valence-corrected chi connectivity index (χ1v) is 8.96. The molecule has 0 radical (unpaired) electrons. The van der Waals surface area contributed by atoms with Crippen molar-refractivity contribution in [1.82, 2.24) is 14.8 Å². The standard InChI is InChI=1S/C19H22N6O4/c1-11-17(12(2)25-19(24(11)4)20-10-21-25)18(28)29-9-16(27)23-15-7-5-14(6-8-15)22-13(3)26/h5-8,10,12H,9H2,1-4H3,(H,22,26)(H,23,27). The van der Waals surface area contributed by atoms with Crippen molar-refractivity contribution in [3.05, 3.63) is 41.9 Å². The summed E-state index contributed by atoms with van der Waals surface area (Å²) in [6.07, 6.45) is 1.43. The third-order valence-electron chi connectivity index (χ3n) is 4.57. The molecule has 1 unspecified atom stereocenters. The van der Waals surface area contributed by atoms with Crippen LogP contribution >= 0.6 is 0 Å². The van der Waals surface area contributed by atoms with E-state index in [4.69, 9.17) is 4.74 Å². The largest absolute Gasteiger partial charge is 0.452 e. The second-order valence-electron chi connectivity index (χ2n) is 6.62. The second-order valence-corrected chi connectivity index (χ2v) is 6.62. The van der Waals surface area contributed by atoms with Gasteiger partial charge in [-0.1, -0.05) is 0 Å². The van der Waals surface area contributed by atoms with E-state index < -0.39 is 18.5 Å². The van der Waals surface area contributed by atoms with Crippen molar-refractivity contribution in [1.29, 1.82) is 0 Å². The number of nitrogens with zero attached hydrogens (tertiary/aromatic N) is 4. The first kappa shape index (κ1) is 20.1. The number of nitrogens with one attached hydrogen (secondary N) is 2. The predicted molar refractivity (Wildman–Crippen MR) is 106 cm³/mol. The molecule has 0 aliphatic carbocycles. The van der Waals surface area contributed by atoms with Gasteiger partial charge in [0.05, 0.1) is 11.6 Å². The number of benzene rings is 1. The maximum absolute atomic E-state index is 12.6. The van der Waals surface area contributed by atoms with E-state index in [2.05, 4.69) is 20.7 Å². The molecule has 1 aromatic heterocycles. The third-order valence-corrected chi connectivity index (χ3v) is 4.57. The Morgan fingerprint density at radius 1 is 1.14 bits per heavy atom. The Morgan fingerprint density at radius 2 is 1.76 bits per heavy atom. The Labute approximate surface area is 167 Å². The van der Waals surface area contributed by atoms with Crippen LogP contribution < -0.4 is 15.5 Å². The van der Waals surface area contributed by atoms with Crippen molar-refractivity contribution in [2.45, 2.75) is 26.8 Å². The summed E-state index contributed by atoms with van der Waals surface area (Å²) in [4.78, 5) is 41.7. The van der Waals surface area contributed by atoms with E-state index in [-0.39, 0.29) is 11.9 Å². The van der Waals surface area contributed by atoms with E-state index in [9.17, 15) is 14.4 Å². The molecule has 2 heterocycles. The summed E-state index contributed by atoms with van der Waals surface area (Å²) in [6.45, 7) is 4.60. The summed E-state index contributed by atoms with van der Waals surface area (Å²) in [7, 11) is 1.78. The number of rotatable bonds is 5. The number of carbonyl (C=O) groups is 3. The van der Waals surface area contributed by atoms with Crippen LogP contribution in [0.15, 0.2) is 41.9 Å². The topological polar surface area (TPSA) is 118 Å². The average Bonchev–Trinajstić information content (AvgIpc) is 3.16. The maximum Gasteiger partial charge on any atom is 0.338 e. The number of fused-ring (bicyclic) bond motifs is 1. The van der Waals surface area contributed by atoms with E-state index >= 15 is 0 Å². The Morgan fingerprint density at radius 3 is 2.38 bits per heavy atom. The van der Waals surface area contributed by atoms with Gasteiger partial charge in [0, 0.05) is 31.0 Å². The fraction of sp³-hybridized carbons (Fsp3) is 0.316. The molecule has 0 spiro atoms. The molecule has 0 bridgehead atoms. The fourth-order valence-corrected chi connectivity index (χ4v) is 3.08. The number of hydrogen-bond donors (Lipinski definition) is 2. The smallest absolute Gasteiger partial charge is 0.338 e. The van der Waals surface area contributed by atoms with E-state index in [1.807, 2.05) is 6.92 Å². The zero-order valence-corrected chi connectivity index (χ0v) is 16.6. The molecular formula is C19H22N6O4. The zero-order chi connectivity index (χ0) is 21.1. The van der Waals surface area contributed by atoms with Gasteiger partial charge in [-0.3, -0.25) is 9.59 Å². The van der Waals surface area contributed by atoms with Gasteiger partial charge in [0.15, 0.2) is 6.61 Å². The molecule has 152 valence electrons. The monoisotopic (exact) mass is 398 g/mol. The number of hydrogen-bond acceptors (Lipinski definition) is 7. The van der Waals surface area contributed by atoms with Crippen LogP contribution in [0, 0.1) is 0 Å². The molecule has 1 atom stereocenters. The van der Waals surface area contributed by atoms with Crippen molar-refractivity contribution in [2.75, 3.05) is 29.2 Å². The molecular weight excluding hydrogens is 376 g/mol. The molecule has 3 rings (SSSR count). The molecule has 2 N–H and O–H groups in total. The normalized spacial score (nSPS) is 15.6. The molecule has 10 nitrogen and oxygen atoms in total. The number of amides is 2. The second kappa shape index (κ2) is 8.13. The zero-order valence-electron chi connectivity index (χ0n) is 16.6. The van der Waals surface area contributed by atoms with Crippen LogP contribution in [0.25, 0.3) is 0 Å². The van der Waals surface area contributed by atoms with Gasteiger partial charge >= 0.3 is 5.97 Å². The van der Waals surface area contributed by atoms with Crippen molar-refractivity contribution >= 4 is 35.1 Å². The number of esters is 1. The summed E-state index contributed by atoms with van der Waals surface area (Å²) < 4.78 is 6.84. The molecule has 0 saturated heterocycles. The number of allylic oxidation sites excluding steroid dienone is 1. The van der Waals surface area contributed by atoms with Crippen LogP contribution in [0.5, 0.6) is 0 Å². The number of carbonyl (C=O) groups excluding carboxylic acids is 3. The molecule has 0 saturated carbocycles. The van der Waals surface area contributed by atoms with Gasteiger partial charge in [-0.05, 0) is 38.1 Å². The van der Waals surface area contributed by atoms with Gasteiger partial charge in [0.2, 0.25) is 11.9 Å². The minimum atomic E-state index is -0.584. The molecule has 1 aliphatic rings. The highest BCUT2D eigenvalue weighted by Gasteiger charge is 2.33. The van der Waals surface area contributed by atoms with Crippen LogP contribution in [0.4, 0.5) is 17.3 Å². The van der Waals surface area contributed by atoms with Gasteiger partial charge in [0.25, 0.3) is 5.91 Å². The highest BCUT2D eigenvalue weighted by atomic mass is 16.5. The highest BCUT2D eigenvalue weighted by Crippen LogP contribution is 2.32. The van der Waals surface area contributed by atoms with Crippen molar-refractivity contribution < 1.29 is 19.1 Å². The Hall–Kier alpha value is -3.69. The highest BCUT2D eigenvalue weighted by molar-refractivity contribution is 5.96. The van der Waals surface area contributed by atoms with Gasteiger partial charge in [-0.25, -0.2) is 9.48 Å². The van der Waals surface area contributed by atoms with Gasteiger partial charge in [0.1, 0.15) is 6.33 Å². The molecule has 1 aromatic carbocycles. The van der Waals surface area contributed by atoms with Crippen LogP contribution in [0.3, 0.4) is 0 Å². The number of ether oxygens (including phenoxy) is 1. The minimum absolute atomic E-state index is 0.182. The van der Waals surface area contributed by atoms with Crippen LogP contribution in [0.1, 0.15) is 26.8 Å². The number of aromatic nitrogens is 3. The summed E-state index contributed by atoms with van der Waals surface area (Å²) >= 11 is 0. The average molecular weight is 398 g/mol. The fourth-order valence-electron chi connectivity index (χ4n) is 3.08. The van der Waals surface area contributed by atoms with Crippen molar-refractivity contribution in [2.24, 2.45) is 0 Å². The first-order valence-electron chi connectivity index (χ1n) is 8.96. The quantitative estimate of drug-likeness (QED) is 0.736. The van der Waals surface area contributed by atoms with Crippen LogP contribution in [-0.2, 0) is 19.1 Å². The Bertz CT molecular complexity index is 979. The van der Waals surface area contributed by atoms with Crippen molar-refractivity contribution in [3.63, 3.8) is 0 Å². The van der Waals surface area contributed by atoms with Gasteiger partial charge in [-0.15, -0.1) is 0 Å².